The van der Waals surface area contributed by atoms with Crippen LogP contribution >= 0.6 is 0 Å². The van der Waals surface area contributed by atoms with Crippen molar-refractivity contribution in [2.75, 3.05) is 32.2 Å². The molecule has 0 aromatic carbocycles. The Labute approximate surface area is 100 Å². The van der Waals surface area contributed by atoms with Gasteiger partial charge in [-0.15, -0.1) is 0 Å². The molecule has 94 valence electrons. The largest absolute Gasteiger partial charge is 0.492 e. The van der Waals surface area contributed by atoms with Crippen molar-refractivity contribution in [1.82, 2.24) is 4.98 Å². The number of aromatic nitrogens is 1. The van der Waals surface area contributed by atoms with Crippen LogP contribution in [0.3, 0.4) is 0 Å². The summed E-state index contributed by atoms with van der Waals surface area (Å²) in [6, 6.07) is 3.40. The maximum Gasteiger partial charge on any atom is 0.257 e. The van der Waals surface area contributed by atoms with Gasteiger partial charge in [0.1, 0.15) is 5.82 Å². The summed E-state index contributed by atoms with van der Waals surface area (Å²) in [5, 5.41) is 0. The maximum absolute atomic E-state index is 13.5. The van der Waals surface area contributed by atoms with Crippen LogP contribution in [0.25, 0.3) is 0 Å². The van der Waals surface area contributed by atoms with Gasteiger partial charge in [0.05, 0.1) is 13.2 Å². The van der Waals surface area contributed by atoms with Gasteiger partial charge >= 0.3 is 0 Å². The molecule has 5 heteroatoms. The summed E-state index contributed by atoms with van der Waals surface area (Å²) < 4.78 is 23.6. The fourth-order valence-corrected chi connectivity index (χ4v) is 2.06. The Morgan fingerprint density at radius 1 is 1.29 bits per heavy atom. The average Bonchev–Trinajstić information content (AvgIpc) is 2.39. The molecule has 1 aromatic rings. The summed E-state index contributed by atoms with van der Waals surface area (Å²) in [7, 11) is 3.16. The molecule has 17 heavy (non-hydrogen) atoms. The molecule has 1 aromatic heterocycles. The van der Waals surface area contributed by atoms with Crippen molar-refractivity contribution in [2.24, 2.45) is 0 Å². The highest BCUT2D eigenvalue weighted by molar-refractivity contribution is 5.41. The number of methoxy groups -OCH3 is 2. The van der Waals surface area contributed by atoms with Crippen molar-refractivity contribution < 1.29 is 13.9 Å². The van der Waals surface area contributed by atoms with E-state index in [9.17, 15) is 4.39 Å². The minimum atomic E-state index is -0.557. The van der Waals surface area contributed by atoms with Gasteiger partial charge in [0.2, 0.25) is 0 Å². The lowest BCUT2D eigenvalue weighted by Gasteiger charge is -2.32. The van der Waals surface area contributed by atoms with Crippen molar-refractivity contribution in [3.8, 4) is 5.75 Å². The van der Waals surface area contributed by atoms with E-state index in [1.807, 2.05) is 0 Å². The predicted octanol–water partition coefficient (Wildman–Crippen LogP) is 1.84. The number of piperidine rings is 1. The van der Waals surface area contributed by atoms with E-state index >= 15 is 0 Å². The lowest BCUT2D eigenvalue weighted by molar-refractivity contribution is 0.0817. The summed E-state index contributed by atoms with van der Waals surface area (Å²) in [5.74, 6) is 0.289. The van der Waals surface area contributed by atoms with Crippen LogP contribution in [0.1, 0.15) is 12.8 Å². The smallest absolute Gasteiger partial charge is 0.257 e. The number of hydrogen-bond acceptors (Lipinski definition) is 4. The minimum Gasteiger partial charge on any atom is -0.492 e. The second-order valence-corrected chi connectivity index (χ2v) is 4.08. The Kier molecular flexibility index (Phi) is 3.78. The molecule has 0 spiro atoms. The SMILES string of the molecule is COc1ccc(N2CCC(OC)CC2)nc1F. The molecule has 2 heterocycles. The third-order valence-corrected chi connectivity index (χ3v) is 3.12. The number of nitrogens with zero attached hydrogens (tertiary/aromatic N) is 2. The summed E-state index contributed by atoms with van der Waals surface area (Å²) in [6.07, 6.45) is 2.21. The first-order valence-electron chi connectivity index (χ1n) is 5.73. The highest BCUT2D eigenvalue weighted by Crippen LogP contribution is 2.23. The first-order chi connectivity index (χ1) is 8.24. The summed E-state index contributed by atoms with van der Waals surface area (Å²) in [5.41, 5.74) is 0. The Hall–Kier alpha value is -1.36. The van der Waals surface area contributed by atoms with E-state index in [4.69, 9.17) is 9.47 Å². The highest BCUT2D eigenvalue weighted by atomic mass is 19.1. The number of anilines is 1. The number of halogens is 1. The quantitative estimate of drug-likeness (QED) is 0.755. The molecule has 1 saturated heterocycles. The molecule has 0 N–H and O–H groups in total. The van der Waals surface area contributed by atoms with Crippen LogP contribution in [-0.4, -0.2) is 38.4 Å². The van der Waals surface area contributed by atoms with Crippen molar-refractivity contribution >= 4 is 5.82 Å². The molecule has 0 unspecified atom stereocenters. The minimum absolute atomic E-state index is 0.181. The molecule has 1 aliphatic heterocycles. The summed E-state index contributed by atoms with van der Waals surface area (Å²) >= 11 is 0. The van der Waals surface area contributed by atoms with Gasteiger partial charge in [0.15, 0.2) is 5.75 Å². The molecule has 0 atom stereocenters. The van der Waals surface area contributed by atoms with Gasteiger partial charge in [-0.25, -0.2) is 0 Å². The van der Waals surface area contributed by atoms with Crippen LogP contribution < -0.4 is 9.64 Å². The van der Waals surface area contributed by atoms with Crippen LogP contribution in [0.5, 0.6) is 5.75 Å². The Balaban J connectivity index is 2.06. The van der Waals surface area contributed by atoms with Gasteiger partial charge in [-0.3, -0.25) is 0 Å². The van der Waals surface area contributed by atoms with Crippen LogP contribution in [0, 0.1) is 5.95 Å². The van der Waals surface area contributed by atoms with Gasteiger partial charge < -0.3 is 14.4 Å². The van der Waals surface area contributed by atoms with E-state index in [0.29, 0.717) is 11.9 Å². The lowest BCUT2D eigenvalue weighted by atomic mass is 10.1. The van der Waals surface area contributed by atoms with Crippen LogP contribution in [-0.2, 0) is 4.74 Å². The van der Waals surface area contributed by atoms with Crippen LogP contribution in [0.4, 0.5) is 10.2 Å². The number of pyridine rings is 1. The van der Waals surface area contributed by atoms with E-state index in [1.54, 1.807) is 19.2 Å². The molecular weight excluding hydrogens is 223 g/mol. The third kappa shape index (κ3) is 2.66. The maximum atomic E-state index is 13.5. The van der Waals surface area contributed by atoms with Gasteiger partial charge in [0.25, 0.3) is 5.95 Å². The van der Waals surface area contributed by atoms with Crippen molar-refractivity contribution in [1.29, 1.82) is 0 Å². The number of rotatable bonds is 3. The van der Waals surface area contributed by atoms with E-state index in [1.165, 1.54) is 7.11 Å². The first kappa shape index (κ1) is 12.1. The fourth-order valence-electron chi connectivity index (χ4n) is 2.06. The average molecular weight is 240 g/mol. The molecule has 2 rings (SSSR count). The molecule has 0 amide bonds. The predicted molar refractivity (Wildman–Crippen MR) is 63.0 cm³/mol. The molecular formula is C12H17FN2O2. The summed E-state index contributed by atoms with van der Waals surface area (Å²) in [4.78, 5) is 5.98. The molecule has 0 saturated carbocycles. The molecule has 0 aliphatic carbocycles. The standard InChI is InChI=1S/C12H17FN2O2/c1-16-9-5-7-15(8-6-9)11-4-3-10(17-2)12(13)14-11/h3-4,9H,5-8H2,1-2H3. The van der Waals surface area contributed by atoms with Gasteiger partial charge in [-0.05, 0) is 25.0 Å². The second kappa shape index (κ2) is 5.31. The lowest BCUT2D eigenvalue weighted by Crippen LogP contribution is -2.37. The molecule has 0 radical (unpaired) electrons. The molecule has 1 aliphatic rings. The number of hydrogen-bond donors (Lipinski definition) is 0. The second-order valence-electron chi connectivity index (χ2n) is 4.08. The molecule has 4 nitrogen and oxygen atoms in total. The Morgan fingerprint density at radius 3 is 2.53 bits per heavy atom. The van der Waals surface area contributed by atoms with Crippen LogP contribution in [0.15, 0.2) is 12.1 Å². The van der Waals surface area contributed by atoms with Gasteiger partial charge in [-0.2, -0.15) is 9.37 Å². The van der Waals surface area contributed by atoms with Crippen LogP contribution in [0.2, 0.25) is 0 Å². The molecule has 1 fully saturated rings. The van der Waals surface area contributed by atoms with E-state index in [0.717, 1.165) is 25.9 Å². The van der Waals surface area contributed by atoms with Crippen molar-refractivity contribution in [3.05, 3.63) is 18.1 Å². The zero-order chi connectivity index (χ0) is 12.3. The Bertz CT molecular complexity index is 379. The van der Waals surface area contributed by atoms with E-state index in [2.05, 4.69) is 9.88 Å². The first-order valence-corrected chi connectivity index (χ1v) is 5.73. The molecule has 0 bridgehead atoms. The number of ether oxygens (including phenoxy) is 2. The normalized spacial score (nSPS) is 17.2. The van der Waals surface area contributed by atoms with Crippen molar-refractivity contribution in [2.45, 2.75) is 18.9 Å². The topological polar surface area (TPSA) is 34.6 Å². The third-order valence-electron chi connectivity index (χ3n) is 3.12. The zero-order valence-electron chi connectivity index (χ0n) is 10.1. The zero-order valence-corrected chi connectivity index (χ0v) is 10.1. The van der Waals surface area contributed by atoms with E-state index in [-0.39, 0.29) is 5.75 Å². The highest BCUT2D eigenvalue weighted by Gasteiger charge is 2.20. The van der Waals surface area contributed by atoms with Gasteiger partial charge in [0, 0.05) is 20.2 Å². The summed E-state index contributed by atoms with van der Waals surface area (Å²) in [6.45, 7) is 1.69. The Morgan fingerprint density at radius 2 is 2.00 bits per heavy atom. The van der Waals surface area contributed by atoms with Gasteiger partial charge in [-0.1, -0.05) is 0 Å². The van der Waals surface area contributed by atoms with E-state index < -0.39 is 5.95 Å². The monoisotopic (exact) mass is 240 g/mol. The van der Waals surface area contributed by atoms with Crippen molar-refractivity contribution in [3.63, 3.8) is 0 Å². The fraction of sp³-hybridized carbons (Fsp3) is 0.583.